The number of fused-ring (bicyclic) bond motifs is 1. The summed E-state index contributed by atoms with van der Waals surface area (Å²) >= 11 is 5.30. The van der Waals surface area contributed by atoms with Gasteiger partial charge in [0, 0.05) is 11.3 Å². The third-order valence-electron chi connectivity index (χ3n) is 4.61. The molecule has 1 amide bonds. The molecule has 132 valence electrons. The van der Waals surface area contributed by atoms with Crippen LogP contribution < -0.4 is 10.6 Å². The van der Waals surface area contributed by atoms with Crippen LogP contribution in [0.2, 0.25) is 0 Å². The van der Waals surface area contributed by atoms with Gasteiger partial charge in [0.2, 0.25) is 0 Å². The Balaban J connectivity index is 1.68. The fraction of sp³-hybridized carbons (Fsp3) is 0.182. The van der Waals surface area contributed by atoms with Crippen molar-refractivity contribution in [1.82, 2.24) is 5.32 Å². The van der Waals surface area contributed by atoms with Crippen molar-refractivity contribution in [2.45, 2.75) is 26.2 Å². The van der Waals surface area contributed by atoms with Crippen molar-refractivity contribution in [3.8, 4) is 0 Å². The van der Waals surface area contributed by atoms with Crippen LogP contribution in [0.25, 0.3) is 10.8 Å². The predicted octanol–water partition coefficient (Wildman–Crippen LogP) is 5.48. The van der Waals surface area contributed by atoms with Gasteiger partial charge in [-0.05, 0) is 59.1 Å². The van der Waals surface area contributed by atoms with Crippen molar-refractivity contribution >= 4 is 39.7 Å². The van der Waals surface area contributed by atoms with Crippen LogP contribution in [0.3, 0.4) is 0 Å². The van der Waals surface area contributed by atoms with Gasteiger partial charge in [0.15, 0.2) is 5.11 Å². The summed E-state index contributed by atoms with van der Waals surface area (Å²) in [5, 5.41) is 8.07. The van der Waals surface area contributed by atoms with E-state index in [-0.39, 0.29) is 5.91 Å². The second-order valence-electron chi connectivity index (χ2n) is 6.37. The molecule has 0 aliphatic rings. The van der Waals surface area contributed by atoms with Crippen molar-refractivity contribution in [2.75, 3.05) is 5.32 Å². The van der Waals surface area contributed by atoms with E-state index in [4.69, 9.17) is 12.2 Å². The Morgan fingerprint density at radius 1 is 1.00 bits per heavy atom. The number of rotatable bonds is 4. The first-order valence-electron chi connectivity index (χ1n) is 8.78. The topological polar surface area (TPSA) is 41.1 Å². The molecule has 3 aromatic rings. The molecule has 3 rings (SSSR count). The summed E-state index contributed by atoms with van der Waals surface area (Å²) in [4.78, 5) is 12.6. The summed E-state index contributed by atoms with van der Waals surface area (Å²) in [7, 11) is 0. The van der Waals surface area contributed by atoms with Crippen molar-refractivity contribution < 1.29 is 4.79 Å². The van der Waals surface area contributed by atoms with Crippen LogP contribution in [0.15, 0.2) is 66.7 Å². The van der Waals surface area contributed by atoms with Gasteiger partial charge in [0.25, 0.3) is 5.91 Å². The Kier molecular flexibility index (Phi) is 5.64. The monoisotopic (exact) mass is 362 g/mol. The van der Waals surface area contributed by atoms with Crippen LogP contribution in [0.5, 0.6) is 0 Å². The highest BCUT2D eigenvalue weighted by Crippen LogP contribution is 2.21. The molecule has 0 aromatic heterocycles. The standard InChI is InChI=1S/C22H22N2OS/c1-3-15(2)16-11-13-18(14-12-16)23-22(26)24-21(25)20-10-6-8-17-7-4-5-9-19(17)20/h4-15H,3H2,1-2H3,(H2,23,24,25,26)/t15-/m1/s1. The summed E-state index contributed by atoms with van der Waals surface area (Å²) < 4.78 is 0. The van der Waals surface area contributed by atoms with E-state index in [2.05, 4.69) is 36.6 Å². The summed E-state index contributed by atoms with van der Waals surface area (Å²) in [6.45, 7) is 4.38. The van der Waals surface area contributed by atoms with E-state index in [1.807, 2.05) is 48.5 Å². The highest BCUT2D eigenvalue weighted by Gasteiger charge is 2.11. The van der Waals surface area contributed by atoms with Gasteiger partial charge in [0.1, 0.15) is 0 Å². The van der Waals surface area contributed by atoms with Crippen LogP contribution in [-0.4, -0.2) is 11.0 Å². The zero-order valence-corrected chi connectivity index (χ0v) is 15.8. The van der Waals surface area contributed by atoms with Gasteiger partial charge in [-0.1, -0.05) is 62.4 Å². The van der Waals surface area contributed by atoms with Crippen LogP contribution in [-0.2, 0) is 0 Å². The number of hydrogen-bond acceptors (Lipinski definition) is 2. The smallest absolute Gasteiger partial charge is 0.258 e. The maximum absolute atomic E-state index is 12.6. The first-order chi connectivity index (χ1) is 12.6. The number of carbonyl (C=O) groups excluding carboxylic acids is 1. The molecule has 4 heteroatoms. The minimum atomic E-state index is -0.212. The molecule has 0 aliphatic heterocycles. The average molecular weight is 362 g/mol. The molecule has 0 bridgehead atoms. The van der Waals surface area contributed by atoms with Gasteiger partial charge in [0.05, 0.1) is 0 Å². The van der Waals surface area contributed by atoms with E-state index in [1.54, 1.807) is 6.07 Å². The van der Waals surface area contributed by atoms with Gasteiger partial charge in [-0.2, -0.15) is 0 Å². The lowest BCUT2D eigenvalue weighted by molar-refractivity contribution is 0.0979. The zero-order valence-electron chi connectivity index (χ0n) is 15.0. The predicted molar refractivity (Wildman–Crippen MR) is 113 cm³/mol. The van der Waals surface area contributed by atoms with E-state index >= 15 is 0 Å². The summed E-state index contributed by atoms with van der Waals surface area (Å²) in [6, 6.07) is 21.6. The molecular weight excluding hydrogens is 340 g/mol. The molecule has 0 saturated heterocycles. The van der Waals surface area contributed by atoms with Crippen LogP contribution in [0.4, 0.5) is 5.69 Å². The molecule has 0 aliphatic carbocycles. The highest BCUT2D eigenvalue weighted by molar-refractivity contribution is 7.80. The molecule has 3 aromatic carbocycles. The average Bonchev–Trinajstić information content (AvgIpc) is 2.67. The van der Waals surface area contributed by atoms with Crippen molar-refractivity contribution in [1.29, 1.82) is 0 Å². The summed E-state index contributed by atoms with van der Waals surface area (Å²) in [5.41, 5.74) is 2.77. The Morgan fingerprint density at radius 2 is 1.69 bits per heavy atom. The zero-order chi connectivity index (χ0) is 18.5. The molecule has 0 fully saturated rings. The lowest BCUT2D eigenvalue weighted by Crippen LogP contribution is -2.34. The molecule has 0 spiro atoms. The van der Waals surface area contributed by atoms with E-state index in [0.29, 0.717) is 16.6 Å². The SMILES string of the molecule is CC[C@@H](C)c1ccc(NC(=S)NC(=O)c2cccc3ccccc23)cc1. The molecule has 26 heavy (non-hydrogen) atoms. The van der Waals surface area contributed by atoms with Crippen LogP contribution >= 0.6 is 12.2 Å². The van der Waals surface area contributed by atoms with E-state index in [0.717, 1.165) is 22.9 Å². The molecule has 0 heterocycles. The molecule has 1 atom stereocenters. The molecule has 3 nitrogen and oxygen atoms in total. The first kappa shape index (κ1) is 18.1. The lowest BCUT2D eigenvalue weighted by Gasteiger charge is -2.13. The van der Waals surface area contributed by atoms with Gasteiger partial charge in [-0.25, -0.2) is 0 Å². The highest BCUT2D eigenvalue weighted by atomic mass is 32.1. The first-order valence-corrected chi connectivity index (χ1v) is 9.19. The second kappa shape index (κ2) is 8.11. The second-order valence-corrected chi connectivity index (χ2v) is 6.77. The molecule has 0 unspecified atom stereocenters. The third kappa shape index (κ3) is 4.09. The van der Waals surface area contributed by atoms with Gasteiger partial charge >= 0.3 is 0 Å². The molecule has 0 saturated carbocycles. The molecule has 2 N–H and O–H groups in total. The quantitative estimate of drug-likeness (QED) is 0.604. The third-order valence-corrected chi connectivity index (χ3v) is 4.82. The fourth-order valence-electron chi connectivity index (χ4n) is 2.89. The number of benzene rings is 3. The van der Waals surface area contributed by atoms with Crippen LogP contribution in [0, 0.1) is 0 Å². The Morgan fingerprint density at radius 3 is 2.42 bits per heavy atom. The summed E-state index contributed by atoms with van der Waals surface area (Å²) in [5.74, 6) is 0.317. The minimum Gasteiger partial charge on any atom is -0.332 e. The maximum atomic E-state index is 12.6. The Labute approximate surface area is 159 Å². The Bertz CT molecular complexity index is 929. The molecular formula is C22H22N2OS. The number of amides is 1. The van der Waals surface area contributed by atoms with Gasteiger partial charge in [-0.3, -0.25) is 10.1 Å². The Hall–Kier alpha value is -2.72. The van der Waals surface area contributed by atoms with E-state index in [1.165, 1.54) is 5.56 Å². The number of thiocarbonyl (C=S) groups is 1. The lowest BCUT2D eigenvalue weighted by atomic mass is 9.99. The van der Waals surface area contributed by atoms with Gasteiger partial charge < -0.3 is 5.32 Å². The minimum absolute atomic E-state index is 0.212. The number of hydrogen-bond donors (Lipinski definition) is 2. The van der Waals surface area contributed by atoms with Gasteiger partial charge in [-0.15, -0.1) is 0 Å². The van der Waals surface area contributed by atoms with Crippen molar-refractivity contribution in [2.24, 2.45) is 0 Å². The summed E-state index contributed by atoms with van der Waals surface area (Å²) in [6.07, 6.45) is 1.10. The van der Waals surface area contributed by atoms with E-state index in [9.17, 15) is 4.79 Å². The fourth-order valence-corrected chi connectivity index (χ4v) is 3.10. The van der Waals surface area contributed by atoms with Crippen molar-refractivity contribution in [3.05, 3.63) is 77.9 Å². The normalized spacial score (nSPS) is 11.8. The van der Waals surface area contributed by atoms with E-state index < -0.39 is 0 Å². The number of nitrogens with one attached hydrogen (secondary N) is 2. The van der Waals surface area contributed by atoms with Crippen LogP contribution in [0.1, 0.15) is 42.1 Å². The molecule has 0 radical (unpaired) electrons. The largest absolute Gasteiger partial charge is 0.332 e. The maximum Gasteiger partial charge on any atom is 0.258 e. The number of anilines is 1. The number of carbonyl (C=O) groups is 1. The van der Waals surface area contributed by atoms with Crippen molar-refractivity contribution in [3.63, 3.8) is 0 Å².